The second-order valence-electron chi connectivity index (χ2n) is 5.16. The monoisotopic (exact) mass is 270 g/mol. The summed E-state index contributed by atoms with van der Waals surface area (Å²) in [6, 6.07) is 0. The number of rotatable bonds is 11. The molecule has 0 radical (unpaired) electrons. The van der Waals surface area contributed by atoms with Crippen LogP contribution in [0.3, 0.4) is 0 Å². The van der Waals surface area contributed by atoms with Crippen LogP contribution in [0.4, 0.5) is 0 Å². The summed E-state index contributed by atoms with van der Waals surface area (Å²) in [5.41, 5.74) is 4.67. The van der Waals surface area contributed by atoms with Crippen molar-refractivity contribution in [2.45, 2.75) is 84.5 Å². The molecule has 0 aromatic heterocycles. The lowest BCUT2D eigenvalue weighted by Crippen LogP contribution is -2.40. The summed E-state index contributed by atoms with van der Waals surface area (Å²) in [4.78, 5) is 21.8. The van der Waals surface area contributed by atoms with Crippen LogP contribution in [-0.4, -0.2) is 11.8 Å². The molecule has 19 heavy (non-hydrogen) atoms. The zero-order chi connectivity index (χ0) is 14.3. The molecule has 0 aliphatic rings. The molecule has 0 bridgehead atoms. The summed E-state index contributed by atoms with van der Waals surface area (Å²) < 4.78 is 0. The molecule has 0 aliphatic carbocycles. The van der Waals surface area contributed by atoms with E-state index in [0.717, 1.165) is 12.8 Å². The first-order valence-electron chi connectivity index (χ1n) is 7.72. The van der Waals surface area contributed by atoms with Crippen LogP contribution in [-0.2, 0) is 9.59 Å². The number of unbranched alkanes of at least 4 members (excludes halogenated alkanes) is 9. The Kier molecular flexibility index (Phi) is 12.6. The zero-order valence-electron chi connectivity index (χ0n) is 12.6. The Balaban J connectivity index is 3.13. The minimum Gasteiger partial charge on any atom is -0.274 e. The molecule has 0 saturated carbocycles. The van der Waals surface area contributed by atoms with Crippen LogP contribution in [0.5, 0.6) is 0 Å². The van der Waals surface area contributed by atoms with Crippen molar-refractivity contribution in [3.05, 3.63) is 0 Å². The van der Waals surface area contributed by atoms with Gasteiger partial charge in [-0.3, -0.25) is 20.4 Å². The van der Waals surface area contributed by atoms with Crippen molar-refractivity contribution in [2.75, 3.05) is 0 Å². The van der Waals surface area contributed by atoms with Crippen LogP contribution in [0.2, 0.25) is 0 Å². The Morgan fingerprint density at radius 1 is 0.737 bits per heavy atom. The first-order valence-corrected chi connectivity index (χ1v) is 7.72. The van der Waals surface area contributed by atoms with E-state index in [1.165, 1.54) is 58.3 Å². The van der Waals surface area contributed by atoms with Gasteiger partial charge in [0.05, 0.1) is 0 Å². The molecule has 0 fully saturated rings. The Labute approximate surface area is 117 Å². The molecule has 0 spiro atoms. The maximum atomic E-state index is 11.3. The van der Waals surface area contributed by atoms with Gasteiger partial charge >= 0.3 is 0 Å². The minimum absolute atomic E-state index is 0.102. The molecule has 4 heteroatoms. The number of hydrazine groups is 1. The van der Waals surface area contributed by atoms with Crippen LogP contribution < -0.4 is 10.9 Å². The second-order valence-corrected chi connectivity index (χ2v) is 5.16. The van der Waals surface area contributed by atoms with Gasteiger partial charge in [-0.2, -0.15) is 0 Å². The predicted molar refractivity (Wildman–Crippen MR) is 78.4 cm³/mol. The molecule has 112 valence electrons. The lowest BCUT2D eigenvalue weighted by molar-refractivity contribution is -0.127. The summed E-state index contributed by atoms with van der Waals surface area (Å²) >= 11 is 0. The van der Waals surface area contributed by atoms with E-state index >= 15 is 0 Å². The number of hydrogen-bond donors (Lipinski definition) is 2. The third kappa shape index (κ3) is 14.9. The van der Waals surface area contributed by atoms with Gasteiger partial charge in [-0.1, -0.05) is 64.7 Å². The smallest absolute Gasteiger partial charge is 0.238 e. The van der Waals surface area contributed by atoms with Crippen molar-refractivity contribution in [3.63, 3.8) is 0 Å². The molecular weight excluding hydrogens is 240 g/mol. The van der Waals surface area contributed by atoms with Crippen LogP contribution in [0.25, 0.3) is 0 Å². The van der Waals surface area contributed by atoms with Gasteiger partial charge in [-0.25, -0.2) is 0 Å². The lowest BCUT2D eigenvalue weighted by atomic mass is 10.1. The predicted octanol–water partition coefficient (Wildman–Crippen LogP) is 3.46. The van der Waals surface area contributed by atoms with Crippen LogP contribution in [0.15, 0.2) is 0 Å². The molecule has 0 atom stereocenters. The highest BCUT2D eigenvalue weighted by Crippen LogP contribution is 2.11. The van der Waals surface area contributed by atoms with Gasteiger partial charge in [-0.05, 0) is 6.42 Å². The molecule has 2 N–H and O–H groups in total. The summed E-state index contributed by atoms with van der Waals surface area (Å²) in [7, 11) is 0. The van der Waals surface area contributed by atoms with E-state index in [1.807, 2.05) is 0 Å². The van der Waals surface area contributed by atoms with Crippen molar-refractivity contribution in [1.82, 2.24) is 10.9 Å². The van der Waals surface area contributed by atoms with Crippen molar-refractivity contribution in [3.8, 4) is 0 Å². The topological polar surface area (TPSA) is 58.2 Å². The maximum Gasteiger partial charge on any atom is 0.238 e. The summed E-state index contributed by atoms with van der Waals surface area (Å²) in [5, 5.41) is 0. The fraction of sp³-hybridized carbons (Fsp3) is 0.867. The Bertz CT molecular complexity index is 242. The van der Waals surface area contributed by atoms with E-state index in [1.54, 1.807) is 0 Å². The molecule has 0 aromatic rings. The second kappa shape index (κ2) is 13.4. The van der Waals surface area contributed by atoms with Crippen molar-refractivity contribution in [1.29, 1.82) is 0 Å². The summed E-state index contributed by atoms with van der Waals surface area (Å²) in [6.45, 7) is 3.61. The molecule has 4 nitrogen and oxygen atoms in total. The quantitative estimate of drug-likeness (QED) is 0.446. The zero-order valence-corrected chi connectivity index (χ0v) is 12.6. The lowest BCUT2D eigenvalue weighted by Gasteiger charge is -2.05. The Morgan fingerprint density at radius 2 is 1.21 bits per heavy atom. The molecule has 0 heterocycles. The highest BCUT2D eigenvalue weighted by atomic mass is 16.2. The van der Waals surface area contributed by atoms with E-state index in [9.17, 15) is 9.59 Å². The number of carbonyl (C=O) groups is 2. The molecule has 0 unspecified atom stereocenters. The van der Waals surface area contributed by atoms with Crippen LogP contribution >= 0.6 is 0 Å². The first kappa shape index (κ1) is 17.9. The summed E-state index contributed by atoms with van der Waals surface area (Å²) in [6.07, 6.45) is 13.1. The fourth-order valence-electron chi connectivity index (χ4n) is 1.99. The van der Waals surface area contributed by atoms with E-state index in [0.29, 0.717) is 6.42 Å². The number of hydrogen-bond acceptors (Lipinski definition) is 2. The Hall–Kier alpha value is -1.06. The number of nitrogens with one attached hydrogen (secondary N) is 2. The van der Waals surface area contributed by atoms with E-state index < -0.39 is 0 Å². The average molecular weight is 270 g/mol. The largest absolute Gasteiger partial charge is 0.274 e. The van der Waals surface area contributed by atoms with E-state index in [4.69, 9.17) is 0 Å². The van der Waals surface area contributed by atoms with Gasteiger partial charge in [0.2, 0.25) is 11.8 Å². The molecule has 0 saturated heterocycles. The van der Waals surface area contributed by atoms with Gasteiger partial charge < -0.3 is 0 Å². The normalized spacial score (nSPS) is 10.2. The standard InChI is InChI=1S/C15H30N2O2/c1-3-4-5-6-7-8-9-10-11-12-13-15(19)17-16-14(2)18/h3-13H2,1-2H3,(H,16,18)(H,17,19). The highest BCUT2D eigenvalue weighted by Gasteiger charge is 2.00. The van der Waals surface area contributed by atoms with Crippen molar-refractivity contribution >= 4 is 11.8 Å². The molecular formula is C15H30N2O2. The molecule has 0 rings (SSSR count). The SMILES string of the molecule is CCCCCCCCCCCCC(=O)NNC(C)=O. The minimum atomic E-state index is -0.239. The van der Waals surface area contributed by atoms with Gasteiger partial charge in [0.25, 0.3) is 0 Å². The van der Waals surface area contributed by atoms with Crippen LogP contribution in [0, 0.1) is 0 Å². The van der Waals surface area contributed by atoms with Crippen LogP contribution in [0.1, 0.15) is 84.5 Å². The molecule has 2 amide bonds. The van der Waals surface area contributed by atoms with Gasteiger partial charge in [0.1, 0.15) is 0 Å². The average Bonchev–Trinajstić information content (AvgIpc) is 2.38. The van der Waals surface area contributed by atoms with E-state index in [-0.39, 0.29) is 11.8 Å². The van der Waals surface area contributed by atoms with E-state index in [2.05, 4.69) is 17.8 Å². The van der Waals surface area contributed by atoms with Crippen molar-refractivity contribution < 1.29 is 9.59 Å². The van der Waals surface area contributed by atoms with Gasteiger partial charge in [0, 0.05) is 13.3 Å². The highest BCUT2D eigenvalue weighted by molar-refractivity contribution is 5.80. The van der Waals surface area contributed by atoms with Gasteiger partial charge in [0.15, 0.2) is 0 Å². The third-order valence-corrected chi connectivity index (χ3v) is 3.14. The first-order chi connectivity index (χ1) is 9.16. The number of amides is 2. The molecule has 0 aliphatic heterocycles. The van der Waals surface area contributed by atoms with Crippen molar-refractivity contribution in [2.24, 2.45) is 0 Å². The third-order valence-electron chi connectivity index (χ3n) is 3.14. The summed E-state index contributed by atoms with van der Waals surface area (Å²) in [5.74, 6) is -0.341. The number of carbonyl (C=O) groups excluding carboxylic acids is 2. The Morgan fingerprint density at radius 3 is 1.68 bits per heavy atom. The maximum absolute atomic E-state index is 11.3. The molecule has 0 aromatic carbocycles. The fourth-order valence-corrected chi connectivity index (χ4v) is 1.99. The van der Waals surface area contributed by atoms with Gasteiger partial charge in [-0.15, -0.1) is 0 Å².